The predicted molar refractivity (Wildman–Crippen MR) is 69.7 cm³/mol. The molecule has 1 aliphatic carbocycles. The molecule has 0 aromatic rings. The lowest BCUT2D eigenvalue weighted by Gasteiger charge is -2.27. The molecule has 0 aromatic carbocycles. The average molecular weight is 264 g/mol. The van der Waals surface area contributed by atoms with E-state index in [1.807, 2.05) is 0 Å². The van der Waals surface area contributed by atoms with Crippen LogP contribution in [0.15, 0.2) is 12.2 Å². The maximum Gasteiger partial charge on any atom is 0.318 e. The molecule has 5 nitrogen and oxygen atoms in total. The number of hydrogen-bond acceptors (Lipinski definition) is 2. The number of carbonyl (C=O) groups excluding carboxylic acids is 1. The van der Waals surface area contributed by atoms with Gasteiger partial charge in [-0.25, -0.2) is 4.79 Å². The molecule has 0 saturated carbocycles. The predicted octanol–water partition coefficient (Wildman–Crippen LogP) is 1.74. The third kappa shape index (κ3) is 2.22. The summed E-state index contributed by atoms with van der Waals surface area (Å²) in [5, 5.41) is 12.3. The highest BCUT2D eigenvalue weighted by molar-refractivity contribution is 5.79. The van der Waals surface area contributed by atoms with E-state index in [4.69, 9.17) is 0 Å². The van der Waals surface area contributed by atoms with Gasteiger partial charge in [-0.2, -0.15) is 0 Å². The van der Waals surface area contributed by atoms with Gasteiger partial charge in [0.05, 0.1) is 5.92 Å². The zero-order chi connectivity index (χ0) is 13.4. The standard InChI is InChI=1S/C14H20N2O3/c17-13(18)11-8-10-6-7-12(11)16(10)14(19)15-9-4-2-1-3-5-9/h1-2,9-12H,3-8H2,(H,15,19)(H,17,18). The summed E-state index contributed by atoms with van der Waals surface area (Å²) in [7, 11) is 0. The normalized spacial score (nSPS) is 36.5. The molecule has 0 spiro atoms. The second-order valence-corrected chi connectivity index (χ2v) is 5.82. The molecule has 2 bridgehead atoms. The van der Waals surface area contributed by atoms with Gasteiger partial charge in [0, 0.05) is 18.1 Å². The molecule has 4 unspecified atom stereocenters. The van der Waals surface area contributed by atoms with E-state index in [2.05, 4.69) is 17.5 Å². The van der Waals surface area contributed by atoms with E-state index >= 15 is 0 Å². The quantitative estimate of drug-likeness (QED) is 0.746. The Balaban J connectivity index is 1.64. The van der Waals surface area contributed by atoms with Gasteiger partial charge in [-0.1, -0.05) is 12.2 Å². The largest absolute Gasteiger partial charge is 0.481 e. The minimum Gasteiger partial charge on any atom is -0.481 e. The Morgan fingerprint density at radius 3 is 2.68 bits per heavy atom. The summed E-state index contributed by atoms with van der Waals surface area (Å²) < 4.78 is 0. The number of carbonyl (C=O) groups is 2. The van der Waals surface area contributed by atoms with Crippen molar-refractivity contribution in [3.63, 3.8) is 0 Å². The summed E-state index contributed by atoms with van der Waals surface area (Å²) in [6.07, 6.45) is 9.53. The van der Waals surface area contributed by atoms with Crippen LogP contribution in [0.1, 0.15) is 38.5 Å². The molecule has 0 aromatic heterocycles. The van der Waals surface area contributed by atoms with Crippen LogP contribution in [0.2, 0.25) is 0 Å². The molecule has 0 radical (unpaired) electrons. The first kappa shape index (κ1) is 12.5. The van der Waals surface area contributed by atoms with Crippen molar-refractivity contribution in [2.45, 2.75) is 56.7 Å². The number of carboxylic acids is 1. The SMILES string of the molecule is O=C(O)C1CC2CCC1N2C(=O)NC1CC=CCC1. The van der Waals surface area contributed by atoms with Gasteiger partial charge in [-0.05, 0) is 38.5 Å². The summed E-state index contributed by atoms with van der Waals surface area (Å²) in [5.74, 6) is -1.12. The zero-order valence-electron chi connectivity index (χ0n) is 10.9. The molecule has 4 atom stereocenters. The number of allylic oxidation sites excluding steroid dienone is 1. The summed E-state index contributed by atoms with van der Waals surface area (Å²) in [5.41, 5.74) is 0. The highest BCUT2D eigenvalue weighted by atomic mass is 16.4. The fourth-order valence-electron chi connectivity index (χ4n) is 3.74. The number of urea groups is 1. The van der Waals surface area contributed by atoms with E-state index in [1.165, 1.54) is 0 Å². The van der Waals surface area contributed by atoms with E-state index in [-0.39, 0.29) is 30.1 Å². The van der Waals surface area contributed by atoms with Crippen molar-refractivity contribution < 1.29 is 14.7 Å². The molecule has 2 fully saturated rings. The first-order chi connectivity index (χ1) is 9.16. The van der Waals surface area contributed by atoms with Crippen LogP contribution in [-0.4, -0.2) is 40.1 Å². The van der Waals surface area contributed by atoms with Gasteiger partial charge < -0.3 is 15.3 Å². The van der Waals surface area contributed by atoms with Crippen LogP contribution in [0.5, 0.6) is 0 Å². The number of hydrogen-bond donors (Lipinski definition) is 2. The van der Waals surface area contributed by atoms with Crippen LogP contribution in [-0.2, 0) is 4.79 Å². The molecular weight excluding hydrogens is 244 g/mol. The number of nitrogens with zero attached hydrogens (tertiary/aromatic N) is 1. The summed E-state index contributed by atoms with van der Waals surface area (Å²) in [6, 6.07) is 0.184. The molecule has 2 aliphatic heterocycles. The monoisotopic (exact) mass is 264 g/mol. The number of aliphatic carboxylic acids is 1. The minimum absolute atomic E-state index is 0.0587. The summed E-state index contributed by atoms with van der Waals surface area (Å²) >= 11 is 0. The Labute approximate surface area is 112 Å². The third-order valence-electron chi connectivity index (χ3n) is 4.69. The maximum absolute atomic E-state index is 12.3. The fourth-order valence-corrected chi connectivity index (χ4v) is 3.74. The average Bonchev–Trinajstić information content (AvgIpc) is 2.97. The first-order valence-electron chi connectivity index (χ1n) is 7.13. The van der Waals surface area contributed by atoms with Crippen LogP contribution < -0.4 is 5.32 Å². The van der Waals surface area contributed by atoms with Crippen molar-refractivity contribution in [3.05, 3.63) is 12.2 Å². The van der Waals surface area contributed by atoms with Gasteiger partial charge >= 0.3 is 12.0 Å². The number of carboxylic acid groups (broad SMARTS) is 1. The Morgan fingerprint density at radius 1 is 1.21 bits per heavy atom. The smallest absolute Gasteiger partial charge is 0.318 e. The molecule has 3 aliphatic rings. The van der Waals surface area contributed by atoms with Crippen molar-refractivity contribution in [3.8, 4) is 0 Å². The first-order valence-corrected chi connectivity index (χ1v) is 7.13. The Morgan fingerprint density at radius 2 is 2.05 bits per heavy atom. The Hall–Kier alpha value is -1.52. The maximum atomic E-state index is 12.3. The highest BCUT2D eigenvalue weighted by Gasteiger charge is 2.51. The molecule has 2 amide bonds. The molecule has 2 heterocycles. The van der Waals surface area contributed by atoms with Crippen LogP contribution >= 0.6 is 0 Å². The third-order valence-corrected chi connectivity index (χ3v) is 4.69. The van der Waals surface area contributed by atoms with E-state index in [0.29, 0.717) is 6.42 Å². The van der Waals surface area contributed by atoms with Gasteiger partial charge in [0.2, 0.25) is 0 Å². The molecule has 5 heteroatoms. The van der Waals surface area contributed by atoms with Crippen LogP contribution in [0.25, 0.3) is 0 Å². The number of nitrogens with one attached hydrogen (secondary N) is 1. The van der Waals surface area contributed by atoms with Crippen LogP contribution in [0.4, 0.5) is 4.79 Å². The lowest BCUT2D eigenvalue weighted by Crippen LogP contribution is -2.48. The number of amides is 2. The molecule has 2 N–H and O–H groups in total. The molecule has 2 saturated heterocycles. The van der Waals surface area contributed by atoms with Crippen molar-refractivity contribution in [2.24, 2.45) is 5.92 Å². The summed E-state index contributed by atoms with van der Waals surface area (Å²) in [6.45, 7) is 0. The second kappa shape index (κ2) is 4.87. The van der Waals surface area contributed by atoms with Crippen LogP contribution in [0, 0.1) is 5.92 Å². The van der Waals surface area contributed by atoms with Crippen LogP contribution in [0.3, 0.4) is 0 Å². The van der Waals surface area contributed by atoms with Crippen molar-refractivity contribution in [2.75, 3.05) is 0 Å². The minimum atomic E-state index is -0.759. The number of rotatable bonds is 2. The molecule has 3 rings (SSSR count). The van der Waals surface area contributed by atoms with Gasteiger partial charge in [-0.3, -0.25) is 4.79 Å². The van der Waals surface area contributed by atoms with Crippen molar-refractivity contribution >= 4 is 12.0 Å². The highest BCUT2D eigenvalue weighted by Crippen LogP contribution is 2.41. The molecule has 19 heavy (non-hydrogen) atoms. The van der Waals surface area contributed by atoms with Crippen molar-refractivity contribution in [1.82, 2.24) is 10.2 Å². The summed E-state index contributed by atoms with van der Waals surface area (Å²) in [4.78, 5) is 25.3. The van der Waals surface area contributed by atoms with E-state index in [9.17, 15) is 14.7 Å². The lowest BCUT2D eigenvalue weighted by molar-refractivity contribution is -0.142. The second-order valence-electron chi connectivity index (χ2n) is 5.82. The van der Waals surface area contributed by atoms with E-state index < -0.39 is 5.97 Å². The zero-order valence-corrected chi connectivity index (χ0v) is 10.9. The lowest BCUT2D eigenvalue weighted by atomic mass is 9.89. The van der Waals surface area contributed by atoms with E-state index in [1.54, 1.807) is 4.90 Å². The van der Waals surface area contributed by atoms with Gasteiger partial charge in [-0.15, -0.1) is 0 Å². The molecule has 104 valence electrons. The Kier molecular flexibility index (Phi) is 3.21. The van der Waals surface area contributed by atoms with Gasteiger partial charge in [0.1, 0.15) is 0 Å². The fraction of sp³-hybridized carbons (Fsp3) is 0.714. The Bertz CT molecular complexity index is 421. The van der Waals surface area contributed by atoms with Gasteiger partial charge in [0.25, 0.3) is 0 Å². The topological polar surface area (TPSA) is 69.6 Å². The number of fused-ring (bicyclic) bond motifs is 2. The van der Waals surface area contributed by atoms with Gasteiger partial charge in [0.15, 0.2) is 0 Å². The van der Waals surface area contributed by atoms with E-state index in [0.717, 1.165) is 32.1 Å². The van der Waals surface area contributed by atoms with Crippen molar-refractivity contribution in [1.29, 1.82) is 0 Å². The molecular formula is C14H20N2O3.